The molecule has 0 fully saturated rings. The SMILES string of the molecule is CC(C)(C)NC(=O)C1C(=O)Nc2sc3c(c2C(=O)N1CCc1ccccc1)CCCC3. The van der Waals surface area contributed by atoms with Crippen molar-refractivity contribution in [1.29, 1.82) is 0 Å². The van der Waals surface area contributed by atoms with Crippen molar-refractivity contribution in [3.63, 3.8) is 0 Å². The fourth-order valence-electron chi connectivity index (χ4n) is 4.29. The molecule has 2 N–H and O–H groups in total. The molecule has 164 valence electrons. The van der Waals surface area contributed by atoms with Gasteiger partial charge < -0.3 is 15.5 Å². The average Bonchev–Trinajstić information content (AvgIpc) is 3.02. The summed E-state index contributed by atoms with van der Waals surface area (Å²) in [6.07, 6.45) is 4.49. The zero-order valence-electron chi connectivity index (χ0n) is 18.3. The standard InChI is InChI=1S/C24H29N3O3S/c1-24(2,3)26-21(29)19-20(28)25-22-18(16-11-7-8-12-17(16)31-22)23(30)27(19)14-13-15-9-5-4-6-10-15/h4-6,9-10,19H,7-8,11-14H2,1-3H3,(H,25,28)(H,26,29). The number of nitrogens with one attached hydrogen (secondary N) is 2. The highest BCUT2D eigenvalue weighted by atomic mass is 32.1. The molecule has 1 aromatic carbocycles. The number of benzene rings is 1. The van der Waals surface area contributed by atoms with Crippen LogP contribution in [0.5, 0.6) is 0 Å². The molecule has 0 saturated heterocycles. The molecule has 4 rings (SSSR count). The lowest BCUT2D eigenvalue weighted by atomic mass is 9.95. The van der Waals surface area contributed by atoms with Crippen LogP contribution in [-0.2, 0) is 28.9 Å². The van der Waals surface area contributed by atoms with Gasteiger partial charge in [0.1, 0.15) is 5.00 Å². The molecule has 1 aliphatic carbocycles. The molecule has 31 heavy (non-hydrogen) atoms. The Morgan fingerprint density at radius 2 is 1.87 bits per heavy atom. The third kappa shape index (κ3) is 4.51. The molecule has 6 nitrogen and oxygen atoms in total. The van der Waals surface area contributed by atoms with E-state index in [-0.39, 0.29) is 5.91 Å². The molecular formula is C24H29N3O3S. The van der Waals surface area contributed by atoms with Gasteiger partial charge in [0.25, 0.3) is 17.7 Å². The third-order valence-electron chi connectivity index (χ3n) is 5.67. The number of hydrogen-bond donors (Lipinski definition) is 2. The predicted molar refractivity (Wildman–Crippen MR) is 122 cm³/mol. The molecule has 7 heteroatoms. The molecular weight excluding hydrogens is 410 g/mol. The van der Waals surface area contributed by atoms with Gasteiger partial charge in [-0.1, -0.05) is 30.3 Å². The van der Waals surface area contributed by atoms with Gasteiger partial charge in [-0.3, -0.25) is 14.4 Å². The zero-order valence-corrected chi connectivity index (χ0v) is 19.1. The number of hydrogen-bond acceptors (Lipinski definition) is 4. The van der Waals surface area contributed by atoms with Gasteiger partial charge in [0, 0.05) is 17.0 Å². The van der Waals surface area contributed by atoms with E-state index in [1.807, 2.05) is 51.1 Å². The summed E-state index contributed by atoms with van der Waals surface area (Å²) in [6.45, 7) is 5.89. The van der Waals surface area contributed by atoms with E-state index in [9.17, 15) is 14.4 Å². The van der Waals surface area contributed by atoms with Crippen LogP contribution in [0.15, 0.2) is 30.3 Å². The highest BCUT2D eigenvalue weighted by molar-refractivity contribution is 7.17. The number of carbonyl (C=O) groups excluding carboxylic acids is 3. The summed E-state index contributed by atoms with van der Waals surface area (Å²) in [5.41, 5.74) is 2.19. The molecule has 0 radical (unpaired) electrons. The number of fused-ring (bicyclic) bond motifs is 3. The molecule has 2 heterocycles. The fourth-order valence-corrected chi connectivity index (χ4v) is 5.57. The molecule has 3 amide bonds. The van der Waals surface area contributed by atoms with Gasteiger partial charge in [-0.25, -0.2) is 0 Å². The van der Waals surface area contributed by atoms with Crippen LogP contribution in [0.2, 0.25) is 0 Å². The molecule has 0 saturated carbocycles. The Hall–Kier alpha value is -2.67. The van der Waals surface area contributed by atoms with Crippen molar-refractivity contribution in [2.75, 3.05) is 11.9 Å². The van der Waals surface area contributed by atoms with Gasteiger partial charge in [-0.15, -0.1) is 11.3 Å². The highest BCUT2D eigenvalue weighted by Crippen LogP contribution is 2.40. The lowest BCUT2D eigenvalue weighted by Crippen LogP contribution is -2.57. The number of thiophene rings is 1. The summed E-state index contributed by atoms with van der Waals surface area (Å²) in [4.78, 5) is 42.8. The van der Waals surface area contributed by atoms with Crippen LogP contribution in [0, 0.1) is 0 Å². The summed E-state index contributed by atoms with van der Waals surface area (Å²) < 4.78 is 0. The zero-order chi connectivity index (χ0) is 22.2. The number of amides is 3. The van der Waals surface area contributed by atoms with Gasteiger partial charge in [0.2, 0.25) is 0 Å². The Kier molecular flexibility index (Phi) is 5.88. The maximum absolute atomic E-state index is 13.8. The maximum atomic E-state index is 13.8. The number of anilines is 1. The Bertz CT molecular complexity index is 1010. The number of nitrogens with zero attached hydrogens (tertiary/aromatic N) is 1. The van der Waals surface area contributed by atoms with E-state index in [0.29, 0.717) is 23.5 Å². The highest BCUT2D eigenvalue weighted by Gasteiger charge is 2.43. The van der Waals surface area contributed by atoms with Crippen LogP contribution >= 0.6 is 11.3 Å². The van der Waals surface area contributed by atoms with Crippen molar-refractivity contribution in [1.82, 2.24) is 10.2 Å². The first kappa shape index (κ1) is 21.6. The number of aryl methyl sites for hydroxylation is 1. The van der Waals surface area contributed by atoms with Gasteiger partial charge in [-0.2, -0.15) is 0 Å². The quantitative estimate of drug-likeness (QED) is 0.715. The number of carbonyl (C=O) groups is 3. The molecule has 1 aromatic heterocycles. The van der Waals surface area contributed by atoms with E-state index in [4.69, 9.17) is 0 Å². The monoisotopic (exact) mass is 439 g/mol. The van der Waals surface area contributed by atoms with E-state index in [0.717, 1.165) is 36.8 Å². The van der Waals surface area contributed by atoms with Crippen molar-refractivity contribution < 1.29 is 14.4 Å². The lowest BCUT2D eigenvalue weighted by Gasteiger charge is -2.31. The minimum atomic E-state index is -1.20. The summed E-state index contributed by atoms with van der Waals surface area (Å²) in [5, 5.41) is 6.39. The van der Waals surface area contributed by atoms with E-state index in [2.05, 4.69) is 10.6 Å². The molecule has 2 aliphatic rings. The van der Waals surface area contributed by atoms with Crippen LogP contribution in [0.1, 0.15) is 60.0 Å². The normalized spacial score (nSPS) is 18.7. The van der Waals surface area contributed by atoms with Gasteiger partial charge in [-0.05, 0) is 64.0 Å². The Morgan fingerprint density at radius 1 is 1.16 bits per heavy atom. The first-order valence-corrected chi connectivity index (χ1v) is 11.7. The van der Waals surface area contributed by atoms with Crippen LogP contribution < -0.4 is 10.6 Å². The smallest absolute Gasteiger partial charge is 0.258 e. The van der Waals surface area contributed by atoms with Crippen LogP contribution in [0.3, 0.4) is 0 Å². The Labute approximate surface area is 187 Å². The van der Waals surface area contributed by atoms with Crippen molar-refractivity contribution in [3.05, 3.63) is 51.9 Å². The Morgan fingerprint density at radius 3 is 2.58 bits per heavy atom. The topological polar surface area (TPSA) is 78.5 Å². The second kappa shape index (κ2) is 8.46. The number of rotatable bonds is 4. The third-order valence-corrected chi connectivity index (χ3v) is 6.88. The van der Waals surface area contributed by atoms with Crippen molar-refractivity contribution in [2.24, 2.45) is 0 Å². The molecule has 1 atom stereocenters. The summed E-state index contributed by atoms with van der Waals surface area (Å²) in [7, 11) is 0. The average molecular weight is 440 g/mol. The lowest BCUT2D eigenvalue weighted by molar-refractivity contribution is -0.134. The minimum Gasteiger partial charge on any atom is -0.349 e. The largest absolute Gasteiger partial charge is 0.349 e. The Balaban J connectivity index is 1.71. The summed E-state index contributed by atoms with van der Waals surface area (Å²) in [6, 6.07) is 8.62. The second-order valence-electron chi connectivity index (χ2n) is 9.28. The van der Waals surface area contributed by atoms with Crippen molar-refractivity contribution in [3.8, 4) is 0 Å². The summed E-state index contributed by atoms with van der Waals surface area (Å²) >= 11 is 1.49. The van der Waals surface area contributed by atoms with Crippen LogP contribution in [0.4, 0.5) is 5.00 Å². The fraction of sp³-hybridized carbons (Fsp3) is 0.458. The predicted octanol–water partition coefficient (Wildman–Crippen LogP) is 3.55. The van der Waals surface area contributed by atoms with E-state index in [1.54, 1.807) is 0 Å². The van der Waals surface area contributed by atoms with Gasteiger partial charge in [0.05, 0.1) is 5.56 Å². The van der Waals surface area contributed by atoms with Crippen LogP contribution in [-0.4, -0.2) is 40.7 Å². The van der Waals surface area contributed by atoms with Gasteiger partial charge in [0.15, 0.2) is 6.04 Å². The van der Waals surface area contributed by atoms with E-state index < -0.39 is 23.4 Å². The van der Waals surface area contributed by atoms with Gasteiger partial charge >= 0.3 is 0 Å². The maximum Gasteiger partial charge on any atom is 0.258 e. The molecule has 1 aliphatic heterocycles. The molecule has 0 bridgehead atoms. The first-order valence-electron chi connectivity index (χ1n) is 10.9. The van der Waals surface area contributed by atoms with Crippen molar-refractivity contribution in [2.45, 2.75) is 64.5 Å². The van der Waals surface area contributed by atoms with Crippen molar-refractivity contribution >= 4 is 34.1 Å². The molecule has 1 unspecified atom stereocenters. The molecule has 2 aromatic rings. The molecule has 0 spiro atoms. The van der Waals surface area contributed by atoms with Crippen LogP contribution in [0.25, 0.3) is 0 Å². The first-order chi connectivity index (χ1) is 14.7. The van der Waals surface area contributed by atoms with E-state index in [1.165, 1.54) is 21.1 Å². The second-order valence-corrected chi connectivity index (χ2v) is 10.4. The minimum absolute atomic E-state index is 0.224. The van der Waals surface area contributed by atoms with E-state index >= 15 is 0 Å². The summed E-state index contributed by atoms with van der Waals surface area (Å²) in [5.74, 6) is -1.12.